The lowest BCUT2D eigenvalue weighted by Gasteiger charge is -2.30. The number of nitrogens with zero attached hydrogens (tertiary/aromatic N) is 1. The van der Waals surface area contributed by atoms with E-state index < -0.39 is 15.5 Å². The van der Waals surface area contributed by atoms with Crippen LogP contribution in [0.3, 0.4) is 0 Å². The molecular weight excluding hydrogens is 330 g/mol. The zero-order valence-electron chi connectivity index (χ0n) is 12.8. The summed E-state index contributed by atoms with van der Waals surface area (Å²) in [6.07, 6.45) is 2.44. The zero-order chi connectivity index (χ0) is 16.5. The van der Waals surface area contributed by atoms with Crippen LogP contribution >= 0.6 is 11.3 Å². The standard InChI is InChI=1S/C17H17NO3S2/c1-13-4-6-14(7-5-13)23(19,20)21-12-17(11-18)9-2-3-16-15(17)8-10-22-16/h4-8,10H,2-3,9,12H2,1H3. The molecule has 120 valence electrons. The Labute approximate surface area is 140 Å². The summed E-state index contributed by atoms with van der Waals surface area (Å²) in [5.41, 5.74) is 1.04. The van der Waals surface area contributed by atoms with Crippen LogP contribution in [0.5, 0.6) is 0 Å². The third-order valence-corrected chi connectivity index (χ3v) is 6.51. The Morgan fingerprint density at radius 3 is 2.74 bits per heavy atom. The van der Waals surface area contributed by atoms with Gasteiger partial charge < -0.3 is 0 Å². The van der Waals surface area contributed by atoms with Crippen molar-refractivity contribution in [2.75, 3.05) is 6.61 Å². The van der Waals surface area contributed by atoms with Crippen molar-refractivity contribution < 1.29 is 12.6 Å². The second kappa shape index (κ2) is 6.08. The normalized spacial score (nSPS) is 20.7. The van der Waals surface area contributed by atoms with Crippen LogP contribution in [0.25, 0.3) is 0 Å². The summed E-state index contributed by atoms with van der Waals surface area (Å²) in [5, 5.41) is 11.6. The lowest BCUT2D eigenvalue weighted by atomic mass is 9.74. The number of benzene rings is 1. The van der Waals surface area contributed by atoms with Crippen molar-refractivity contribution in [1.82, 2.24) is 0 Å². The molecule has 0 bridgehead atoms. The number of nitriles is 1. The van der Waals surface area contributed by atoms with Crippen molar-refractivity contribution in [3.8, 4) is 6.07 Å². The third-order valence-electron chi connectivity index (χ3n) is 4.25. The summed E-state index contributed by atoms with van der Waals surface area (Å²) in [6, 6.07) is 10.7. The monoisotopic (exact) mass is 347 g/mol. The first-order chi connectivity index (χ1) is 11.0. The minimum Gasteiger partial charge on any atom is -0.264 e. The van der Waals surface area contributed by atoms with Gasteiger partial charge in [-0.25, -0.2) is 0 Å². The van der Waals surface area contributed by atoms with Crippen molar-refractivity contribution in [2.45, 2.75) is 36.5 Å². The maximum atomic E-state index is 12.4. The fourth-order valence-electron chi connectivity index (χ4n) is 2.90. The van der Waals surface area contributed by atoms with Crippen LogP contribution < -0.4 is 0 Å². The summed E-state index contributed by atoms with van der Waals surface area (Å²) in [4.78, 5) is 1.28. The molecule has 0 saturated carbocycles. The van der Waals surface area contributed by atoms with Crippen LogP contribution in [0.2, 0.25) is 0 Å². The first-order valence-electron chi connectivity index (χ1n) is 7.41. The van der Waals surface area contributed by atoms with E-state index in [2.05, 4.69) is 6.07 Å². The van der Waals surface area contributed by atoms with E-state index in [0.29, 0.717) is 6.42 Å². The Morgan fingerprint density at radius 1 is 1.30 bits per heavy atom. The van der Waals surface area contributed by atoms with Crippen LogP contribution in [0.4, 0.5) is 0 Å². The largest absolute Gasteiger partial charge is 0.297 e. The highest BCUT2D eigenvalue weighted by Gasteiger charge is 2.39. The van der Waals surface area contributed by atoms with Crippen molar-refractivity contribution in [3.05, 3.63) is 51.7 Å². The minimum atomic E-state index is -3.86. The highest BCUT2D eigenvalue weighted by atomic mass is 32.2. The van der Waals surface area contributed by atoms with Gasteiger partial charge in [0.05, 0.1) is 17.6 Å². The molecule has 3 rings (SSSR count). The molecule has 0 spiro atoms. The van der Waals surface area contributed by atoms with E-state index in [0.717, 1.165) is 28.8 Å². The minimum absolute atomic E-state index is 0.123. The maximum Gasteiger partial charge on any atom is 0.297 e. The predicted molar refractivity (Wildman–Crippen MR) is 88.9 cm³/mol. The summed E-state index contributed by atoms with van der Waals surface area (Å²) in [7, 11) is -3.86. The van der Waals surface area contributed by atoms with Gasteiger partial charge in [-0.3, -0.25) is 4.18 Å². The van der Waals surface area contributed by atoms with E-state index in [1.807, 2.05) is 18.4 Å². The highest BCUT2D eigenvalue weighted by Crippen LogP contribution is 2.40. The Hall–Kier alpha value is -1.68. The van der Waals surface area contributed by atoms with E-state index >= 15 is 0 Å². The van der Waals surface area contributed by atoms with Crippen molar-refractivity contribution in [2.24, 2.45) is 0 Å². The summed E-state index contributed by atoms with van der Waals surface area (Å²) < 4.78 is 30.0. The molecule has 23 heavy (non-hydrogen) atoms. The summed E-state index contributed by atoms with van der Waals surface area (Å²) in [6.45, 7) is 1.76. The van der Waals surface area contributed by atoms with E-state index in [9.17, 15) is 13.7 Å². The molecule has 1 atom stereocenters. The molecule has 0 saturated heterocycles. The Balaban J connectivity index is 1.85. The molecule has 0 radical (unpaired) electrons. The molecule has 6 heteroatoms. The van der Waals surface area contributed by atoms with Gasteiger partial charge in [0, 0.05) is 4.88 Å². The van der Waals surface area contributed by atoms with Gasteiger partial charge in [-0.1, -0.05) is 17.7 Å². The number of hydrogen-bond donors (Lipinski definition) is 0. The van der Waals surface area contributed by atoms with Crippen LogP contribution in [0.1, 0.15) is 28.8 Å². The molecule has 0 amide bonds. The Bertz CT molecular complexity index is 847. The molecule has 0 fully saturated rings. The number of aryl methyl sites for hydroxylation is 2. The van der Waals surface area contributed by atoms with Crippen LogP contribution in [-0.2, 0) is 26.1 Å². The number of thiophene rings is 1. The van der Waals surface area contributed by atoms with E-state index in [-0.39, 0.29) is 11.5 Å². The Morgan fingerprint density at radius 2 is 2.04 bits per heavy atom. The van der Waals surface area contributed by atoms with Crippen molar-refractivity contribution in [1.29, 1.82) is 5.26 Å². The SMILES string of the molecule is Cc1ccc(S(=O)(=O)OCC2(C#N)CCCc3sccc32)cc1. The fourth-order valence-corrected chi connectivity index (χ4v) is 4.88. The average Bonchev–Trinajstić information content (AvgIpc) is 3.03. The quantitative estimate of drug-likeness (QED) is 0.793. The van der Waals surface area contributed by atoms with Gasteiger partial charge in [0.15, 0.2) is 0 Å². The maximum absolute atomic E-state index is 12.4. The second-order valence-electron chi connectivity index (χ2n) is 5.83. The molecule has 0 aliphatic heterocycles. The lowest BCUT2D eigenvalue weighted by molar-refractivity contribution is 0.240. The summed E-state index contributed by atoms with van der Waals surface area (Å²) >= 11 is 1.62. The third kappa shape index (κ3) is 3.05. The van der Waals surface area contributed by atoms with Crippen molar-refractivity contribution >= 4 is 21.5 Å². The second-order valence-corrected chi connectivity index (χ2v) is 8.45. The highest BCUT2D eigenvalue weighted by molar-refractivity contribution is 7.86. The van der Waals surface area contributed by atoms with Gasteiger partial charge in [-0.15, -0.1) is 11.3 Å². The topological polar surface area (TPSA) is 67.2 Å². The van der Waals surface area contributed by atoms with Gasteiger partial charge in [-0.05, 0) is 55.3 Å². The molecule has 1 unspecified atom stereocenters. The molecule has 2 aromatic rings. The first kappa shape index (κ1) is 16.2. The zero-order valence-corrected chi connectivity index (χ0v) is 14.4. The molecule has 1 aliphatic rings. The van der Waals surface area contributed by atoms with E-state index in [1.54, 1.807) is 23.5 Å². The van der Waals surface area contributed by atoms with Gasteiger partial charge >= 0.3 is 0 Å². The molecule has 1 aromatic heterocycles. The van der Waals surface area contributed by atoms with Crippen molar-refractivity contribution in [3.63, 3.8) is 0 Å². The van der Waals surface area contributed by atoms with Crippen LogP contribution in [0.15, 0.2) is 40.6 Å². The average molecular weight is 347 g/mol. The van der Waals surface area contributed by atoms with Gasteiger partial charge in [0.1, 0.15) is 5.41 Å². The predicted octanol–water partition coefficient (Wildman–Crippen LogP) is 3.56. The molecule has 4 nitrogen and oxygen atoms in total. The Kier molecular flexibility index (Phi) is 4.28. The smallest absolute Gasteiger partial charge is 0.264 e. The fraction of sp³-hybridized carbons (Fsp3) is 0.353. The molecular formula is C17H17NO3S2. The number of rotatable bonds is 4. The first-order valence-corrected chi connectivity index (χ1v) is 9.70. The number of fused-ring (bicyclic) bond motifs is 1. The van der Waals surface area contributed by atoms with E-state index in [4.69, 9.17) is 4.18 Å². The molecule has 1 heterocycles. The van der Waals surface area contributed by atoms with Gasteiger partial charge in [0.2, 0.25) is 0 Å². The van der Waals surface area contributed by atoms with Gasteiger partial charge in [0.25, 0.3) is 10.1 Å². The molecule has 0 N–H and O–H groups in total. The summed E-state index contributed by atoms with van der Waals surface area (Å²) in [5.74, 6) is 0. The van der Waals surface area contributed by atoms with Crippen LogP contribution in [0, 0.1) is 18.3 Å². The molecule has 1 aliphatic carbocycles. The lowest BCUT2D eigenvalue weighted by Crippen LogP contribution is -2.34. The van der Waals surface area contributed by atoms with E-state index in [1.165, 1.54) is 12.1 Å². The van der Waals surface area contributed by atoms with Crippen LogP contribution in [-0.4, -0.2) is 15.0 Å². The molecule has 1 aromatic carbocycles. The van der Waals surface area contributed by atoms with Gasteiger partial charge in [-0.2, -0.15) is 13.7 Å². The number of hydrogen-bond acceptors (Lipinski definition) is 5.